The first kappa shape index (κ1) is 18.0. The van der Waals surface area contributed by atoms with Gasteiger partial charge in [-0.1, -0.05) is 11.6 Å². The van der Waals surface area contributed by atoms with Gasteiger partial charge in [-0.2, -0.15) is 5.26 Å². The maximum absolute atomic E-state index is 12.1. The quantitative estimate of drug-likeness (QED) is 0.805. The van der Waals surface area contributed by atoms with E-state index in [9.17, 15) is 19.6 Å². The van der Waals surface area contributed by atoms with Gasteiger partial charge in [0.15, 0.2) is 12.0 Å². The van der Waals surface area contributed by atoms with E-state index in [-0.39, 0.29) is 22.6 Å². The molecular formula is C18H15ClN2O5. The number of esters is 1. The van der Waals surface area contributed by atoms with Crippen LogP contribution in [0.1, 0.15) is 30.3 Å². The van der Waals surface area contributed by atoms with Crippen LogP contribution in [0.5, 0.6) is 0 Å². The van der Waals surface area contributed by atoms with Crippen LogP contribution in [0, 0.1) is 17.2 Å². The van der Waals surface area contributed by atoms with Gasteiger partial charge in [-0.25, -0.2) is 4.79 Å². The number of nitriles is 1. The average Bonchev–Trinajstić information content (AvgIpc) is 3.45. The average molecular weight is 375 g/mol. The van der Waals surface area contributed by atoms with Crippen LogP contribution in [0.4, 0.5) is 0 Å². The fraction of sp³-hybridized carbons (Fsp3) is 0.333. The van der Waals surface area contributed by atoms with Crippen molar-refractivity contribution in [2.75, 3.05) is 6.61 Å². The number of benzene rings is 1. The third kappa shape index (κ3) is 3.70. The Hall–Kier alpha value is -2.85. The molecule has 0 spiro atoms. The predicted molar refractivity (Wildman–Crippen MR) is 92.7 cm³/mol. The number of carbonyl (C=O) groups is 2. The topological polar surface area (TPSA) is 109 Å². The summed E-state index contributed by atoms with van der Waals surface area (Å²) in [4.78, 5) is 36.1. The lowest BCUT2D eigenvalue weighted by atomic mass is 9.98. The summed E-state index contributed by atoms with van der Waals surface area (Å²) in [5.74, 6) is -1.75. The summed E-state index contributed by atoms with van der Waals surface area (Å²) < 4.78 is 10.2. The molecule has 0 aliphatic heterocycles. The minimum atomic E-state index is -0.974. The standard InChI is InChI=1S/C18H15ClN2O5/c1-18(9-20,10-2-3-10)21-16(23)8-25-17(24)15-7-13(22)12-6-11(19)4-5-14(12)26-15/h4-7,10H,2-3,8H2,1H3,(H,21,23)/t18-/m0/s1. The van der Waals surface area contributed by atoms with Crippen molar-refractivity contribution in [2.45, 2.75) is 25.3 Å². The molecule has 1 fully saturated rings. The molecule has 1 heterocycles. The molecule has 1 aliphatic carbocycles. The van der Waals surface area contributed by atoms with Gasteiger partial charge in [-0.15, -0.1) is 0 Å². The number of ether oxygens (including phenoxy) is 1. The molecule has 0 unspecified atom stereocenters. The summed E-state index contributed by atoms with van der Waals surface area (Å²) in [7, 11) is 0. The van der Waals surface area contributed by atoms with Crippen molar-refractivity contribution >= 4 is 34.4 Å². The van der Waals surface area contributed by atoms with Gasteiger partial charge in [0.25, 0.3) is 5.91 Å². The van der Waals surface area contributed by atoms with Crippen LogP contribution in [0.25, 0.3) is 11.0 Å². The SMILES string of the molecule is C[C@@](C#N)(NC(=O)COC(=O)c1cc(=O)c2cc(Cl)ccc2o1)C1CC1. The molecule has 8 heteroatoms. The zero-order valence-corrected chi connectivity index (χ0v) is 14.6. The molecule has 0 radical (unpaired) electrons. The number of amides is 1. The number of carbonyl (C=O) groups excluding carboxylic acids is 2. The summed E-state index contributed by atoms with van der Waals surface area (Å²) in [5, 5.41) is 12.4. The normalized spacial score (nSPS) is 15.7. The molecule has 1 aliphatic rings. The van der Waals surface area contributed by atoms with Crippen LogP contribution in [-0.4, -0.2) is 24.0 Å². The number of nitrogens with zero attached hydrogens (tertiary/aromatic N) is 1. The second kappa shape index (κ2) is 6.81. The van der Waals surface area contributed by atoms with Crippen LogP contribution in [-0.2, 0) is 9.53 Å². The van der Waals surface area contributed by atoms with Gasteiger partial charge in [0.05, 0.1) is 11.5 Å². The van der Waals surface area contributed by atoms with E-state index in [4.69, 9.17) is 20.8 Å². The second-order valence-electron chi connectivity index (χ2n) is 6.33. The highest BCUT2D eigenvalue weighted by molar-refractivity contribution is 6.31. The molecule has 2 aromatic rings. The fourth-order valence-electron chi connectivity index (χ4n) is 2.64. The molecule has 7 nitrogen and oxygen atoms in total. The van der Waals surface area contributed by atoms with E-state index >= 15 is 0 Å². The van der Waals surface area contributed by atoms with Crippen molar-refractivity contribution < 1.29 is 18.7 Å². The first-order valence-electron chi connectivity index (χ1n) is 7.95. The van der Waals surface area contributed by atoms with Crippen LogP contribution in [0.2, 0.25) is 5.02 Å². The van der Waals surface area contributed by atoms with Crippen LogP contribution >= 0.6 is 11.6 Å². The highest BCUT2D eigenvalue weighted by Crippen LogP contribution is 2.39. The minimum absolute atomic E-state index is 0.109. The molecule has 1 N–H and O–H groups in total. The molecule has 1 aromatic heterocycles. The Morgan fingerprint density at radius 2 is 2.15 bits per heavy atom. The van der Waals surface area contributed by atoms with Gasteiger partial charge in [-0.3, -0.25) is 9.59 Å². The van der Waals surface area contributed by atoms with Gasteiger partial charge in [-0.05, 0) is 43.9 Å². The lowest BCUT2D eigenvalue weighted by Crippen LogP contribution is -2.48. The zero-order chi connectivity index (χ0) is 18.9. The molecule has 1 aromatic carbocycles. The van der Waals surface area contributed by atoms with Crippen LogP contribution < -0.4 is 10.7 Å². The Morgan fingerprint density at radius 1 is 1.42 bits per heavy atom. The van der Waals surface area contributed by atoms with Gasteiger partial charge in [0.2, 0.25) is 5.76 Å². The van der Waals surface area contributed by atoms with Gasteiger partial charge in [0, 0.05) is 11.1 Å². The number of halogens is 1. The highest BCUT2D eigenvalue weighted by atomic mass is 35.5. The summed E-state index contributed by atoms with van der Waals surface area (Å²) in [6, 6.07) is 7.50. The lowest BCUT2D eigenvalue weighted by molar-refractivity contribution is -0.125. The Labute approximate surface area is 153 Å². The Kier molecular flexibility index (Phi) is 4.70. The second-order valence-corrected chi connectivity index (χ2v) is 6.76. The molecule has 1 saturated carbocycles. The minimum Gasteiger partial charge on any atom is -0.450 e. The molecule has 26 heavy (non-hydrogen) atoms. The Bertz CT molecular complexity index is 989. The summed E-state index contributed by atoms with van der Waals surface area (Å²) in [6.07, 6.45) is 1.74. The molecular weight excluding hydrogens is 360 g/mol. The summed E-state index contributed by atoms with van der Waals surface area (Å²) >= 11 is 5.83. The van der Waals surface area contributed by atoms with Gasteiger partial charge >= 0.3 is 5.97 Å². The molecule has 0 saturated heterocycles. The van der Waals surface area contributed by atoms with E-state index in [1.54, 1.807) is 6.92 Å². The molecule has 1 atom stereocenters. The number of hydrogen-bond acceptors (Lipinski definition) is 6. The summed E-state index contributed by atoms with van der Waals surface area (Å²) in [5.41, 5.74) is -1.24. The van der Waals surface area contributed by atoms with Crippen LogP contribution in [0.3, 0.4) is 0 Å². The van der Waals surface area contributed by atoms with E-state index in [0.29, 0.717) is 5.02 Å². The first-order chi connectivity index (χ1) is 12.3. The molecule has 3 rings (SSSR count). The third-order valence-electron chi connectivity index (χ3n) is 4.25. The van der Waals surface area contributed by atoms with Gasteiger partial charge in [0.1, 0.15) is 11.1 Å². The number of rotatable bonds is 5. The van der Waals surface area contributed by atoms with Gasteiger partial charge < -0.3 is 14.5 Å². The smallest absolute Gasteiger partial charge is 0.374 e. The summed E-state index contributed by atoms with van der Waals surface area (Å²) in [6.45, 7) is 1.06. The fourth-order valence-corrected chi connectivity index (χ4v) is 2.81. The van der Waals surface area contributed by atoms with E-state index in [0.717, 1.165) is 18.9 Å². The molecule has 0 bridgehead atoms. The number of fused-ring (bicyclic) bond motifs is 1. The van der Waals surface area contributed by atoms with Crippen molar-refractivity contribution in [2.24, 2.45) is 5.92 Å². The van der Waals surface area contributed by atoms with E-state index < -0.39 is 29.5 Å². The van der Waals surface area contributed by atoms with Crippen LogP contribution in [0.15, 0.2) is 33.5 Å². The molecule has 134 valence electrons. The van der Waals surface area contributed by atoms with E-state index in [1.807, 2.05) is 0 Å². The van der Waals surface area contributed by atoms with Crippen molar-refractivity contribution in [1.29, 1.82) is 5.26 Å². The lowest BCUT2D eigenvalue weighted by Gasteiger charge is -2.22. The maximum atomic E-state index is 12.1. The predicted octanol–water partition coefficient (Wildman–Crippen LogP) is 2.41. The molecule has 1 amide bonds. The largest absolute Gasteiger partial charge is 0.450 e. The van der Waals surface area contributed by atoms with Crippen molar-refractivity contribution in [1.82, 2.24) is 5.32 Å². The first-order valence-corrected chi connectivity index (χ1v) is 8.33. The van der Waals surface area contributed by atoms with Crippen molar-refractivity contribution in [3.8, 4) is 6.07 Å². The van der Waals surface area contributed by atoms with E-state index in [1.165, 1.54) is 18.2 Å². The highest BCUT2D eigenvalue weighted by Gasteiger charge is 2.43. The maximum Gasteiger partial charge on any atom is 0.374 e. The number of hydrogen-bond donors (Lipinski definition) is 1. The van der Waals surface area contributed by atoms with Crippen molar-refractivity contribution in [3.63, 3.8) is 0 Å². The monoisotopic (exact) mass is 374 g/mol. The number of nitrogens with one attached hydrogen (secondary N) is 1. The third-order valence-corrected chi connectivity index (χ3v) is 4.49. The Balaban J connectivity index is 1.68. The Morgan fingerprint density at radius 3 is 2.81 bits per heavy atom. The zero-order valence-electron chi connectivity index (χ0n) is 13.9. The van der Waals surface area contributed by atoms with Crippen molar-refractivity contribution in [3.05, 3.63) is 45.3 Å². The van der Waals surface area contributed by atoms with E-state index in [2.05, 4.69) is 11.4 Å².